The molecule has 0 spiro atoms. The van der Waals surface area contributed by atoms with Crippen LogP contribution >= 0.6 is 11.3 Å². The van der Waals surface area contributed by atoms with E-state index in [1.165, 1.54) is 9.38 Å². The Hall–Kier alpha value is -3.33. The number of tetrazole rings is 1. The minimum Gasteiger partial charge on any atom is -0.341 e. The number of benzene rings is 2. The predicted octanol–water partition coefficient (Wildman–Crippen LogP) is 2.44. The van der Waals surface area contributed by atoms with Crippen LogP contribution in [0.1, 0.15) is 23.8 Å². The van der Waals surface area contributed by atoms with Crippen molar-refractivity contribution in [1.82, 2.24) is 29.7 Å². The van der Waals surface area contributed by atoms with E-state index in [1.54, 1.807) is 28.4 Å². The summed E-state index contributed by atoms with van der Waals surface area (Å²) in [5, 5.41) is 8.92. The number of para-hydroxylation sites is 2. The van der Waals surface area contributed by atoms with E-state index in [0.29, 0.717) is 24.7 Å². The Kier molecular flexibility index (Phi) is 4.88. The van der Waals surface area contributed by atoms with Gasteiger partial charge in [0.25, 0.3) is 0 Å². The van der Waals surface area contributed by atoms with E-state index in [4.69, 9.17) is 4.98 Å². The number of fused-ring (bicyclic) bond motifs is 1. The van der Waals surface area contributed by atoms with Gasteiger partial charge in [0.15, 0.2) is 0 Å². The number of amides is 1. The number of rotatable bonds is 4. The van der Waals surface area contributed by atoms with E-state index in [0.717, 1.165) is 28.0 Å². The number of hydrogen-bond acceptors (Lipinski definition) is 6. The van der Waals surface area contributed by atoms with Crippen molar-refractivity contribution in [3.05, 3.63) is 70.1 Å². The Morgan fingerprint density at radius 2 is 1.73 bits per heavy atom. The normalized spacial score (nSPS) is 15.0. The van der Waals surface area contributed by atoms with Crippen LogP contribution in [0.4, 0.5) is 0 Å². The van der Waals surface area contributed by atoms with Crippen LogP contribution in [0.15, 0.2) is 59.4 Å². The Morgan fingerprint density at radius 1 is 1.00 bits per heavy atom. The molecular formula is C21H20N6O2S. The van der Waals surface area contributed by atoms with E-state index in [-0.39, 0.29) is 12.5 Å². The Labute approximate surface area is 176 Å². The van der Waals surface area contributed by atoms with Gasteiger partial charge in [-0.2, -0.15) is 9.36 Å². The second-order valence-electron chi connectivity index (χ2n) is 7.34. The van der Waals surface area contributed by atoms with Crippen LogP contribution < -0.4 is 5.69 Å². The lowest BCUT2D eigenvalue weighted by molar-refractivity contribution is -0.133. The highest BCUT2D eigenvalue weighted by Gasteiger charge is 2.26. The monoisotopic (exact) mass is 420 g/mol. The molecule has 2 aromatic heterocycles. The summed E-state index contributed by atoms with van der Waals surface area (Å²) in [6.45, 7) is 1.21. The molecule has 1 aliphatic heterocycles. The molecule has 0 aliphatic carbocycles. The smallest absolute Gasteiger partial charge is 0.341 e. The van der Waals surface area contributed by atoms with Crippen LogP contribution in [0.25, 0.3) is 15.9 Å². The van der Waals surface area contributed by atoms with Crippen molar-refractivity contribution in [3.63, 3.8) is 0 Å². The molecule has 2 aromatic carbocycles. The van der Waals surface area contributed by atoms with Gasteiger partial charge in [-0.1, -0.05) is 30.3 Å². The third-order valence-corrected chi connectivity index (χ3v) is 6.63. The minimum atomic E-state index is -0.418. The van der Waals surface area contributed by atoms with Crippen molar-refractivity contribution in [2.75, 3.05) is 13.1 Å². The fourth-order valence-electron chi connectivity index (χ4n) is 3.77. The maximum absolute atomic E-state index is 12.7. The third-order valence-electron chi connectivity index (χ3n) is 5.43. The Balaban J connectivity index is 1.23. The van der Waals surface area contributed by atoms with Gasteiger partial charge in [0.05, 0.1) is 20.9 Å². The summed E-state index contributed by atoms with van der Waals surface area (Å²) >= 11 is 1.74. The molecule has 9 heteroatoms. The number of thiazole rings is 1. The summed E-state index contributed by atoms with van der Waals surface area (Å²) in [7, 11) is 0. The van der Waals surface area contributed by atoms with E-state index in [1.807, 2.05) is 36.4 Å². The lowest BCUT2D eigenvalue weighted by Gasteiger charge is -2.31. The van der Waals surface area contributed by atoms with Crippen LogP contribution in [-0.2, 0) is 11.3 Å². The highest BCUT2D eigenvalue weighted by Crippen LogP contribution is 2.33. The van der Waals surface area contributed by atoms with Crippen LogP contribution in [0.2, 0.25) is 0 Å². The van der Waals surface area contributed by atoms with Gasteiger partial charge in [-0.25, -0.2) is 9.78 Å². The fraction of sp³-hybridized carbons (Fsp3) is 0.286. The van der Waals surface area contributed by atoms with Crippen molar-refractivity contribution >= 4 is 27.5 Å². The molecule has 0 saturated carbocycles. The largest absolute Gasteiger partial charge is 0.368 e. The molecule has 1 fully saturated rings. The van der Waals surface area contributed by atoms with Crippen molar-refractivity contribution in [1.29, 1.82) is 0 Å². The molecule has 30 heavy (non-hydrogen) atoms. The number of aromatic nitrogens is 5. The molecule has 4 aromatic rings. The maximum Gasteiger partial charge on any atom is 0.368 e. The second kappa shape index (κ2) is 7.83. The van der Waals surface area contributed by atoms with E-state index >= 15 is 0 Å². The molecular weight excluding hydrogens is 400 g/mol. The highest BCUT2D eigenvalue weighted by atomic mass is 32.1. The van der Waals surface area contributed by atoms with Crippen molar-refractivity contribution < 1.29 is 4.79 Å². The molecule has 3 heterocycles. The van der Waals surface area contributed by atoms with Crippen LogP contribution in [-0.4, -0.2) is 48.7 Å². The van der Waals surface area contributed by atoms with Crippen LogP contribution in [0.3, 0.4) is 0 Å². The molecule has 8 nitrogen and oxygen atoms in total. The fourth-order valence-corrected chi connectivity index (χ4v) is 4.91. The van der Waals surface area contributed by atoms with Gasteiger partial charge in [-0.3, -0.25) is 4.79 Å². The molecule has 1 amide bonds. The average Bonchev–Trinajstić information content (AvgIpc) is 3.38. The summed E-state index contributed by atoms with van der Waals surface area (Å²) < 4.78 is 3.52. The summed E-state index contributed by atoms with van der Waals surface area (Å²) in [5.74, 6) is 0.257. The first-order valence-electron chi connectivity index (χ1n) is 9.90. The predicted molar refractivity (Wildman–Crippen MR) is 114 cm³/mol. The Bertz CT molecular complexity index is 1200. The molecule has 0 radical (unpaired) electrons. The number of nitrogens with zero attached hydrogens (tertiary/aromatic N) is 6. The van der Waals surface area contributed by atoms with Crippen LogP contribution in [0, 0.1) is 0 Å². The van der Waals surface area contributed by atoms with Crippen LogP contribution in [0.5, 0.6) is 0 Å². The number of carbonyl (C=O) groups is 1. The third kappa shape index (κ3) is 3.52. The topological polar surface area (TPSA) is 85.9 Å². The number of piperidine rings is 1. The molecule has 152 valence electrons. The first-order chi connectivity index (χ1) is 14.7. The summed E-state index contributed by atoms with van der Waals surface area (Å²) in [6.07, 6.45) is 1.74. The van der Waals surface area contributed by atoms with Gasteiger partial charge >= 0.3 is 5.69 Å². The standard InChI is InChI=1S/C21H20N6O2S/c28-19(14-26-21(29)27(24-23-26)16-6-2-1-3-7-16)25-12-10-15(11-13-25)20-22-17-8-4-5-9-18(17)30-20/h1-9,15H,10-14H2. The van der Waals surface area contributed by atoms with Crippen molar-refractivity contribution in [2.45, 2.75) is 25.3 Å². The molecule has 0 unspecified atom stereocenters. The minimum absolute atomic E-state index is 0.0997. The lowest BCUT2D eigenvalue weighted by atomic mass is 9.97. The van der Waals surface area contributed by atoms with Gasteiger partial charge in [-0.15, -0.1) is 11.3 Å². The zero-order valence-electron chi connectivity index (χ0n) is 16.2. The van der Waals surface area contributed by atoms with Crippen molar-refractivity contribution in [2.24, 2.45) is 0 Å². The summed E-state index contributed by atoms with van der Waals surface area (Å²) in [4.78, 5) is 31.8. The summed E-state index contributed by atoms with van der Waals surface area (Å²) in [5.41, 5.74) is 1.24. The number of carbonyl (C=O) groups excluding carboxylic acids is 1. The lowest BCUT2D eigenvalue weighted by Crippen LogP contribution is -2.41. The van der Waals surface area contributed by atoms with E-state index < -0.39 is 5.69 Å². The van der Waals surface area contributed by atoms with Gasteiger partial charge in [0, 0.05) is 19.0 Å². The molecule has 5 rings (SSSR count). The van der Waals surface area contributed by atoms with Gasteiger partial charge in [0.1, 0.15) is 6.54 Å². The highest BCUT2D eigenvalue weighted by molar-refractivity contribution is 7.18. The SMILES string of the molecule is O=C(Cn1nnn(-c2ccccc2)c1=O)N1CCC(c2nc3ccccc3s2)CC1. The first kappa shape index (κ1) is 18.7. The molecule has 1 aliphatic rings. The number of hydrogen-bond donors (Lipinski definition) is 0. The van der Waals surface area contributed by atoms with Gasteiger partial charge in [-0.05, 0) is 47.5 Å². The van der Waals surface area contributed by atoms with Gasteiger partial charge in [0.2, 0.25) is 5.91 Å². The summed E-state index contributed by atoms with van der Waals surface area (Å²) in [6, 6.07) is 17.2. The van der Waals surface area contributed by atoms with E-state index in [2.05, 4.69) is 16.5 Å². The zero-order chi connectivity index (χ0) is 20.5. The quantitative estimate of drug-likeness (QED) is 0.506. The van der Waals surface area contributed by atoms with E-state index in [9.17, 15) is 9.59 Å². The molecule has 0 atom stereocenters. The number of likely N-dealkylation sites (tertiary alicyclic amines) is 1. The zero-order valence-corrected chi connectivity index (χ0v) is 17.0. The second-order valence-corrected chi connectivity index (χ2v) is 8.40. The Morgan fingerprint density at radius 3 is 2.50 bits per heavy atom. The maximum atomic E-state index is 12.7. The molecule has 1 saturated heterocycles. The molecule has 0 N–H and O–H groups in total. The van der Waals surface area contributed by atoms with Crippen molar-refractivity contribution in [3.8, 4) is 5.69 Å². The average molecular weight is 420 g/mol. The molecule has 0 bridgehead atoms. The first-order valence-corrected chi connectivity index (χ1v) is 10.7. The van der Waals surface area contributed by atoms with Gasteiger partial charge < -0.3 is 4.90 Å².